The third-order valence-electron chi connectivity index (χ3n) is 2.38. The number of nitrogens with zero attached hydrogens (tertiary/aromatic N) is 4. The second-order valence-corrected chi connectivity index (χ2v) is 3.86. The number of rotatable bonds is 3. The number of nitro benzene ring substituents is 1. The molecule has 6 nitrogen and oxygen atoms in total. The van der Waals surface area contributed by atoms with Gasteiger partial charge in [0.25, 0.3) is 5.69 Å². The highest BCUT2D eigenvalue weighted by atomic mass is 35.5. The molecule has 1 heterocycles. The van der Waals surface area contributed by atoms with E-state index in [4.69, 9.17) is 11.6 Å². The van der Waals surface area contributed by atoms with Crippen molar-refractivity contribution in [2.75, 3.05) is 11.9 Å². The van der Waals surface area contributed by atoms with Crippen molar-refractivity contribution in [3.63, 3.8) is 0 Å². The molecule has 0 aliphatic heterocycles. The minimum Gasteiger partial charge on any atom is -0.329 e. The smallest absolute Gasteiger partial charge is 0.271 e. The molecule has 0 saturated carbocycles. The summed E-state index contributed by atoms with van der Waals surface area (Å²) in [6, 6.07) is 7.95. The van der Waals surface area contributed by atoms with Crippen LogP contribution < -0.4 is 4.90 Å². The maximum atomic E-state index is 10.7. The quantitative estimate of drug-likeness (QED) is 0.484. The maximum absolute atomic E-state index is 10.7. The van der Waals surface area contributed by atoms with Crippen LogP contribution in [0.3, 0.4) is 0 Å². The van der Waals surface area contributed by atoms with E-state index in [9.17, 15) is 10.1 Å². The molecule has 2 aromatic rings. The lowest BCUT2D eigenvalue weighted by molar-refractivity contribution is -0.384. The van der Waals surface area contributed by atoms with Crippen LogP contribution in [0.4, 0.5) is 17.2 Å². The second-order valence-electron chi connectivity index (χ2n) is 3.52. The number of non-ortho nitro benzene ring substituents is 1. The summed E-state index contributed by atoms with van der Waals surface area (Å²) in [6.07, 6.45) is 1.53. The van der Waals surface area contributed by atoms with Gasteiger partial charge in [-0.05, 0) is 23.7 Å². The molecule has 1 aromatic heterocycles. The molecule has 0 aliphatic rings. The van der Waals surface area contributed by atoms with Crippen molar-refractivity contribution in [2.45, 2.75) is 0 Å². The van der Waals surface area contributed by atoms with Crippen molar-refractivity contribution >= 4 is 28.8 Å². The molecule has 0 spiro atoms. The zero-order chi connectivity index (χ0) is 13.1. The normalized spacial score (nSPS) is 10.1. The first kappa shape index (κ1) is 12.3. The van der Waals surface area contributed by atoms with Crippen LogP contribution in [0.5, 0.6) is 0 Å². The minimum absolute atomic E-state index is 0.0273. The SMILES string of the molecule is CN(c1cccc([N+](=O)[O-])c1)c1ccnc(Cl)n1. The highest BCUT2D eigenvalue weighted by Crippen LogP contribution is 2.25. The van der Waals surface area contributed by atoms with E-state index in [0.717, 1.165) is 0 Å². The fraction of sp³-hybridized carbons (Fsp3) is 0.0909. The molecule has 0 fully saturated rings. The summed E-state index contributed by atoms with van der Waals surface area (Å²) in [5.41, 5.74) is 0.679. The van der Waals surface area contributed by atoms with Crippen LogP contribution in [0.25, 0.3) is 0 Å². The Hall–Kier alpha value is -2.21. The van der Waals surface area contributed by atoms with Gasteiger partial charge in [-0.2, -0.15) is 0 Å². The van der Waals surface area contributed by atoms with E-state index >= 15 is 0 Å². The highest BCUT2D eigenvalue weighted by molar-refractivity contribution is 6.28. The van der Waals surface area contributed by atoms with E-state index < -0.39 is 4.92 Å². The molecule has 0 N–H and O–H groups in total. The Balaban J connectivity index is 2.36. The monoisotopic (exact) mass is 264 g/mol. The standard InChI is InChI=1S/C11H9ClN4O2/c1-15(10-5-6-13-11(12)14-10)8-3-2-4-9(7-8)16(17)18/h2-7H,1H3. The molecule has 0 bridgehead atoms. The Morgan fingerprint density at radius 1 is 1.39 bits per heavy atom. The van der Waals surface area contributed by atoms with E-state index in [1.807, 2.05) is 0 Å². The van der Waals surface area contributed by atoms with Gasteiger partial charge in [-0.25, -0.2) is 9.97 Å². The van der Waals surface area contributed by atoms with E-state index in [2.05, 4.69) is 9.97 Å². The molecule has 0 aliphatic carbocycles. The molecule has 0 amide bonds. The lowest BCUT2D eigenvalue weighted by atomic mass is 10.2. The van der Waals surface area contributed by atoms with Crippen LogP contribution in [0.15, 0.2) is 36.5 Å². The van der Waals surface area contributed by atoms with Gasteiger partial charge in [0.05, 0.1) is 4.92 Å². The van der Waals surface area contributed by atoms with Crippen LogP contribution in [0, 0.1) is 10.1 Å². The van der Waals surface area contributed by atoms with E-state index in [-0.39, 0.29) is 11.0 Å². The van der Waals surface area contributed by atoms with Gasteiger partial charge >= 0.3 is 0 Å². The molecule has 0 radical (unpaired) electrons. The van der Waals surface area contributed by atoms with Crippen molar-refractivity contribution in [1.82, 2.24) is 9.97 Å². The number of halogens is 1. The van der Waals surface area contributed by atoms with Crippen LogP contribution in [0.2, 0.25) is 5.28 Å². The number of nitro groups is 1. The van der Waals surface area contributed by atoms with Crippen molar-refractivity contribution in [3.8, 4) is 0 Å². The molecule has 0 unspecified atom stereocenters. The topological polar surface area (TPSA) is 72.2 Å². The van der Waals surface area contributed by atoms with Crippen molar-refractivity contribution in [3.05, 3.63) is 51.9 Å². The molecule has 92 valence electrons. The number of hydrogen-bond acceptors (Lipinski definition) is 5. The van der Waals surface area contributed by atoms with Crippen molar-refractivity contribution < 1.29 is 4.92 Å². The fourth-order valence-electron chi connectivity index (χ4n) is 1.46. The van der Waals surface area contributed by atoms with Gasteiger partial charge in [-0.15, -0.1) is 0 Å². The Labute approximate surface area is 108 Å². The van der Waals surface area contributed by atoms with Gasteiger partial charge in [0.2, 0.25) is 5.28 Å². The number of hydrogen-bond donors (Lipinski definition) is 0. The largest absolute Gasteiger partial charge is 0.329 e. The molecule has 7 heteroatoms. The number of benzene rings is 1. The predicted octanol–water partition coefficient (Wildman–Crippen LogP) is 2.81. The molecule has 0 saturated heterocycles. The average molecular weight is 265 g/mol. The summed E-state index contributed by atoms with van der Waals surface area (Å²) in [6.45, 7) is 0. The molecule has 2 rings (SSSR count). The first-order valence-electron chi connectivity index (χ1n) is 5.04. The van der Waals surface area contributed by atoms with Gasteiger partial charge in [-0.3, -0.25) is 10.1 Å². The third-order valence-corrected chi connectivity index (χ3v) is 2.57. The van der Waals surface area contributed by atoms with E-state index in [1.165, 1.54) is 18.3 Å². The molecule has 18 heavy (non-hydrogen) atoms. The Bertz CT molecular complexity index is 591. The number of aromatic nitrogens is 2. The van der Waals surface area contributed by atoms with Crippen molar-refractivity contribution in [2.24, 2.45) is 0 Å². The first-order valence-corrected chi connectivity index (χ1v) is 5.42. The Kier molecular flexibility index (Phi) is 3.38. The molecule has 0 atom stereocenters. The maximum Gasteiger partial charge on any atom is 0.271 e. The first-order chi connectivity index (χ1) is 8.58. The molecular weight excluding hydrogens is 256 g/mol. The molecular formula is C11H9ClN4O2. The van der Waals surface area contributed by atoms with Gasteiger partial charge in [-0.1, -0.05) is 6.07 Å². The zero-order valence-electron chi connectivity index (χ0n) is 9.45. The van der Waals surface area contributed by atoms with Gasteiger partial charge in [0.15, 0.2) is 0 Å². The summed E-state index contributed by atoms with van der Waals surface area (Å²) in [5.74, 6) is 0.565. The van der Waals surface area contributed by atoms with Gasteiger partial charge in [0.1, 0.15) is 5.82 Å². The summed E-state index contributed by atoms with van der Waals surface area (Å²) < 4.78 is 0. The summed E-state index contributed by atoms with van der Waals surface area (Å²) in [5, 5.41) is 10.8. The predicted molar refractivity (Wildman–Crippen MR) is 68.2 cm³/mol. The highest BCUT2D eigenvalue weighted by Gasteiger charge is 2.11. The van der Waals surface area contributed by atoms with Crippen LogP contribution in [-0.2, 0) is 0 Å². The fourth-order valence-corrected chi connectivity index (χ4v) is 1.60. The second kappa shape index (κ2) is 4.97. The minimum atomic E-state index is -0.440. The van der Waals surface area contributed by atoms with E-state index in [1.54, 1.807) is 30.1 Å². The Morgan fingerprint density at radius 3 is 2.83 bits per heavy atom. The zero-order valence-corrected chi connectivity index (χ0v) is 10.2. The molecule has 1 aromatic carbocycles. The summed E-state index contributed by atoms with van der Waals surface area (Å²) >= 11 is 5.70. The third kappa shape index (κ3) is 2.54. The van der Waals surface area contributed by atoms with Gasteiger partial charge in [0, 0.05) is 31.1 Å². The van der Waals surface area contributed by atoms with Gasteiger partial charge < -0.3 is 4.90 Å². The number of anilines is 2. The average Bonchev–Trinajstić information content (AvgIpc) is 2.38. The lowest BCUT2D eigenvalue weighted by Crippen LogP contribution is -2.11. The van der Waals surface area contributed by atoms with E-state index in [0.29, 0.717) is 11.5 Å². The van der Waals surface area contributed by atoms with Crippen molar-refractivity contribution in [1.29, 1.82) is 0 Å². The van der Waals surface area contributed by atoms with Crippen LogP contribution in [-0.4, -0.2) is 21.9 Å². The van der Waals surface area contributed by atoms with Crippen LogP contribution in [0.1, 0.15) is 0 Å². The van der Waals surface area contributed by atoms with Crippen LogP contribution >= 0.6 is 11.6 Å². The summed E-state index contributed by atoms with van der Waals surface area (Å²) in [4.78, 5) is 19.8. The Morgan fingerprint density at radius 2 is 2.17 bits per heavy atom. The lowest BCUT2D eigenvalue weighted by Gasteiger charge is -2.17. The summed E-state index contributed by atoms with van der Waals surface area (Å²) in [7, 11) is 1.75.